The van der Waals surface area contributed by atoms with Crippen LogP contribution < -0.4 is 5.32 Å². The first-order chi connectivity index (χ1) is 11.0. The molecule has 0 unspecified atom stereocenters. The van der Waals surface area contributed by atoms with E-state index in [4.69, 9.17) is 4.74 Å². The topological polar surface area (TPSA) is 61.8 Å². The third-order valence-electron chi connectivity index (χ3n) is 4.79. The van der Waals surface area contributed by atoms with Crippen molar-refractivity contribution in [3.05, 3.63) is 35.9 Å². The Balaban J connectivity index is 1.76. The van der Waals surface area contributed by atoms with Crippen LogP contribution in [0.3, 0.4) is 0 Å². The zero-order chi connectivity index (χ0) is 16.7. The van der Waals surface area contributed by atoms with Crippen LogP contribution in [0.15, 0.2) is 30.3 Å². The van der Waals surface area contributed by atoms with E-state index in [2.05, 4.69) is 17.4 Å². The van der Waals surface area contributed by atoms with Gasteiger partial charge in [-0.2, -0.15) is 0 Å². The quantitative estimate of drug-likeness (QED) is 0.843. The minimum atomic E-state index is -0.725. The van der Waals surface area contributed by atoms with Gasteiger partial charge >= 0.3 is 6.03 Å². The van der Waals surface area contributed by atoms with E-state index in [0.717, 1.165) is 6.42 Å². The lowest BCUT2D eigenvalue weighted by molar-refractivity contribution is -0.0732. The Hall–Kier alpha value is -1.59. The molecule has 0 aromatic heterocycles. The van der Waals surface area contributed by atoms with Crippen LogP contribution in [0.2, 0.25) is 0 Å². The Morgan fingerprint density at radius 1 is 1.43 bits per heavy atom. The summed E-state index contributed by atoms with van der Waals surface area (Å²) in [5.74, 6) is 0.0475. The Morgan fingerprint density at radius 2 is 2.17 bits per heavy atom. The van der Waals surface area contributed by atoms with E-state index in [0.29, 0.717) is 39.1 Å². The molecule has 1 heterocycles. The normalized spacial score (nSPS) is 24.5. The van der Waals surface area contributed by atoms with Gasteiger partial charge in [-0.1, -0.05) is 37.3 Å². The monoisotopic (exact) mass is 320 g/mol. The summed E-state index contributed by atoms with van der Waals surface area (Å²) >= 11 is 0. The SMILES string of the molecule is COCC[C@@]1(O)CCN(C(=O)NCCc2ccccc2)C[C@@H]1C. The van der Waals surface area contributed by atoms with Gasteiger partial charge in [-0.25, -0.2) is 4.79 Å². The van der Waals surface area contributed by atoms with Gasteiger partial charge in [0.05, 0.1) is 5.60 Å². The van der Waals surface area contributed by atoms with Crippen molar-refractivity contribution in [3.63, 3.8) is 0 Å². The standard InChI is InChI=1S/C18H28N2O3/c1-15-14-20(12-9-18(15,22)10-13-23-2)17(21)19-11-8-16-6-4-3-5-7-16/h3-7,15,22H,8-14H2,1-2H3,(H,19,21)/t15-,18-/m0/s1. The number of aliphatic hydroxyl groups is 1. The number of nitrogens with one attached hydrogen (secondary N) is 1. The van der Waals surface area contributed by atoms with Crippen LogP contribution in [-0.2, 0) is 11.2 Å². The molecule has 1 saturated heterocycles. The molecule has 5 heteroatoms. The first-order valence-electron chi connectivity index (χ1n) is 8.33. The highest BCUT2D eigenvalue weighted by Crippen LogP contribution is 2.30. The minimum absolute atomic E-state index is 0.0402. The lowest BCUT2D eigenvalue weighted by Gasteiger charge is -2.43. The number of carbonyl (C=O) groups is 1. The number of likely N-dealkylation sites (tertiary alicyclic amines) is 1. The van der Waals surface area contributed by atoms with E-state index in [1.54, 1.807) is 12.0 Å². The molecule has 2 rings (SSSR count). The van der Waals surface area contributed by atoms with Crippen LogP contribution in [0.4, 0.5) is 4.79 Å². The molecule has 2 amide bonds. The highest BCUT2D eigenvalue weighted by atomic mass is 16.5. The molecule has 2 N–H and O–H groups in total. The van der Waals surface area contributed by atoms with Gasteiger partial charge in [0.15, 0.2) is 0 Å². The maximum absolute atomic E-state index is 12.3. The predicted molar refractivity (Wildman–Crippen MR) is 90.3 cm³/mol. The Morgan fingerprint density at radius 3 is 2.83 bits per heavy atom. The van der Waals surface area contributed by atoms with Crippen LogP contribution >= 0.6 is 0 Å². The van der Waals surface area contributed by atoms with Crippen molar-refractivity contribution in [2.45, 2.75) is 31.8 Å². The third kappa shape index (κ3) is 4.94. The number of methoxy groups -OCH3 is 1. The number of carbonyl (C=O) groups excluding carboxylic acids is 1. The van der Waals surface area contributed by atoms with Gasteiger partial charge in [0.2, 0.25) is 0 Å². The van der Waals surface area contributed by atoms with Crippen molar-refractivity contribution in [2.24, 2.45) is 5.92 Å². The van der Waals surface area contributed by atoms with Crippen molar-refractivity contribution >= 4 is 6.03 Å². The molecule has 0 radical (unpaired) electrons. The highest BCUT2D eigenvalue weighted by molar-refractivity contribution is 5.74. The smallest absolute Gasteiger partial charge is 0.317 e. The van der Waals surface area contributed by atoms with Crippen molar-refractivity contribution in [1.82, 2.24) is 10.2 Å². The molecule has 0 spiro atoms. The Labute approximate surface area is 138 Å². The maximum atomic E-state index is 12.3. The van der Waals surface area contributed by atoms with Crippen molar-refractivity contribution in [2.75, 3.05) is 33.4 Å². The number of hydrogen-bond donors (Lipinski definition) is 2. The van der Waals surface area contributed by atoms with Crippen LogP contribution in [0.25, 0.3) is 0 Å². The fraction of sp³-hybridized carbons (Fsp3) is 0.611. The number of urea groups is 1. The van der Waals surface area contributed by atoms with E-state index in [1.807, 2.05) is 25.1 Å². The molecule has 128 valence electrons. The molecule has 5 nitrogen and oxygen atoms in total. The summed E-state index contributed by atoms with van der Waals surface area (Å²) in [6, 6.07) is 10.1. The van der Waals surface area contributed by atoms with Gasteiger partial charge in [-0.15, -0.1) is 0 Å². The lowest BCUT2D eigenvalue weighted by Crippen LogP contribution is -2.55. The molecule has 1 aromatic rings. The first kappa shape index (κ1) is 17.8. The van der Waals surface area contributed by atoms with Crippen LogP contribution in [0, 0.1) is 5.92 Å². The summed E-state index contributed by atoms with van der Waals surface area (Å²) in [6.45, 7) is 4.34. The fourth-order valence-corrected chi connectivity index (χ4v) is 3.07. The molecule has 23 heavy (non-hydrogen) atoms. The summed E-state index contributed by atoms with van der Waals surface area (Å²) < 4.78 is 5.07. The van der Waals surface area contributed by atoms with E-state index < -0.39 is 5.60 Å². The fourth-order valence-electron chi connectivity index (χ4n) is 3.07. The second-order valence-corrected chi connectivity index (χ2v) is 6.41. The molecule has 0 saturated carbocycles. The minimum Gasteiger partial charge on any atom is -0.389 e. The van der Waals surface area contributed by atoms with E-state index in [1.165, 1.54) is 5.56 Å². The molecule has 1 aromatic carbocycles. The summed E-state index contributed by atoms with van der Waals surface area (Å²) in [5, 5.41) is 13.6. The van der Waals surface area contributed by atoms with Gasteiger partial charge in [-0.05, 0) is 24.8 Å². The molecular weight excluding hydrogens is 292 g/mol. The number of rotatable bonds is 6. The van der Waals surface area contributed by atoms with E-state index in [-0.39, 0.29) is 11.9 Å². The molecular formula is C18H28N2O3. The summed E-state index contributed by atoms with van der Waals surface area (Å²) in [6.07, 6.45) is 2.05. The largest absolute Gasteiger partial charge is 0.389 e. The summed E-state index contributed by atoms with van der Waals surface area (Å²) in [7, 11) is 1.64. The van der Waals surface area contributed by atoms with Crippen molar-refractivity contribution in [3.8, 4) is 0 Å². The number of amides is 2. The second kappa shape index (κ2) is 8.31. The zero-order valence-electron chi connectivity index (χ0n) is 14.1. The van der Waals surface area contributed by atoms with Gasteiger partial charge in [0.1, 0.15) is 0 Å². The van der Waals surface area contributed by atoms with Gasteiger partial charge in [-0.3, -0.25) is 0 Å². The summed E-state index contributed by atoms with van der Waals surface area (Å²) in [4.78, 5) is 14.1. The molecule has 1 aliphatic heterocycles. The van der Waals surface area contributed by atoms with Crippen molar-refractivity contribution in [1.29, 1.82) is 0 Å². The van der Waals surface area contributed by atoms with Crippen LogP contribution in [0.5, 0.6) is 0 Å². The van der Waals surface area contributed by atoms with Crippen LogP contribution in [0.1, 0.15) is 25.3 Å². The highest BCUT2D eigenvalue weighted by Gasteiger charge is 2.39. The predicted octanol–water partition coefficient (Wildman–Crippen LogP) is 2.05. The average molecular weight is 320 g/mol. The first-order valence-corrected chi connectivity index (χ1v) is 8.33. The molecule has 1 aliphatic rings. The lowest BCUT2D eigenvalue weighted by atomic mass is 9.80. The van der Waals surface area contributed by atoms with Gasteiger partial charge in [0.25, 0.3) is 0 Å². The maximum Gasteiger partial charge on any atom is 0.317 e. The molecule has 1 fully saturated rings. The molecule has 2 atom stereocenters. The third-order valence-corrected chi connectivity index (χ3v) is 4.79. The molecule has 0 bridgehead atoms. The zero-order valence-corrected chi connectivity index (χ0v) is 14.1. The second-order valence-electron chi connectivity index (χ2n) is 6.41. The number of hydrogen-bond acceptors (Lipinski definition) is 3. The van der Waals surface area contributed by atoms with E-state index in [9.17, 15) is 9.90 Å². The molecule has 0 aliphatic carbocycles. The summed E-state index contributed by atoms with van der Waals surface area (Å²) in [5.41, 5.74) is 0.491. The Bertz CT molecular complexity index is 494. The van der Waals surface area contributed by atoms with Crippen LogP contribution in [-0.4, -0.2) is 55.0 Å². The van der Waals surface area contributed by atoms with E-state index >= 15 is 0 Å². The number of piperidine rings is 1. The number of ether oxygens (including phenoxy) is 1. The van der Waals surface area contributed by atoms with Gasteiger partial charge < -0.3 is 20.1 Å². The van der Waals surface area contributed by atoms with Gasteiger partial charge in [0, 0.05) is 39.3 Å². The number of benzene rings is 1. The Kier molecular flexibility index (Phi) is 6.42. The average Bonchev–Trinajstić information content (AvgIpc) is 2.56. The number of nitrogens with zero attached hydrogens (tertiary/aromatic N) is 1. The van der Waals surface area contributed by atoms with Crippen molar-refractivity contribution < 1.29 is 14.6 Å².